The van der Waals surface area contributed by atoms with Crippen molar-refractivity contribution in [2.24, 2.45) is 0 Å². The summed E-state index contributed by atoms with van der Waals surface area (Å²) in [5.41, 5.74) is 2.19. The predicted molar refractivity (Wildman–Crippen MR) is 120 cm³/mol. The number of carbonyl (C=O) groups is 1. The fourth-order valence-corrected chi connectivity index (χ4v) is 4.90. The first-order valence-electron chi connectivity index (χ1n) is 11.6. The Morgan fingerprint density at radius 1 is 0.970 bits per heavy atom. The number of carbonyl (C=O) groups excluding carboxylic acids is 1. The highest BCUT2D eigenvalue weighted by molar-refractivity contribution is 5.80. The third kappa shape index (κ3) is 4.69. The summed E-state index contributed by atoms with van der Waals surface area (Å²) in [5, 5.41) is 0. The Bertz CT molecular complexity index is 952. The van der Waals surface area contributed by atoms with Crippen LogP contribution in [-0.2, 0) is 41.6 Å². The maximum absolute atomic E-state index is 12.8. The molecule has 176 valence electrons. The molecule has 3 aliphatic rings. The van der Waals surface area contributed by atoms with Crippen LogP contribution in [0.1, 0.15) is 31.9 Å². The Morgan fingerprint density at radius 3 is 2.30 bits per heavy atom. The molecule has 0 bridgehead atoms. The number of benzene rings is 2. The van der Waals surface area contributed by atoms with Gasteiger partial charge in [-0.1, -0.05) is 60.7 Å². The van der Waals surface area contributed by atoms with Crippen LogP contribution >= 0.6 is 0 Å². The Hall–Kier alpha value is -2.29. The van der Waals surface area contributed by atoms with Crippen LogP contribution in [-0.4, -0.2) is 59.9 Å². The molecule has 3 fully saturated rings. The van der Waals surface area contributed by atoms with Crippen molar-refractivity contribution in [3.8, 4) is 0 Å². The van der Waals surface area contributed by atoms with E-state index in [2.05, 4.69) is 17.0 Å². The van der Waals surface area contributed by atoms with Crippen molar-refractivity contribution >= 4 is 5.97 Å². The van der Waals surface area contributed by atoms with Crippen molar-refractivity contribution in [3.05, 3.63) is 71.8 Å². The van der Waals surface area contributed by atoms with E-state index in [9.17, 15) is 4.79 Å². The lowest BCUT2D eigenvalue weighted by Crippen LogP contribution is -2.40. The second-order valence-electron chi connectivity index (χ2n) is 9.18. The topological polar surface area (TPSA) is 66.2 Å². The molecule has 0 aromatic heterocycles. The second-order valence-corrected chi connectivity index (χ2v) is 9.18. The van der Waals surface area contributed by atoms with Crippen molar-refractivity contribution in [2.45, 2.75) is 76.4 Å². The largest absolute Gasteiger partial charge is 0.465 e. The molecule has 0 N–H and O–H groups in total. The normalized spacial score (nSPS) is 34.1. The van der Waals surface area contributed by atoms with E-state index in [1.165, 1.54) is 0 Å². The summed E-state index contributed by atoms with van der Waals surface area (Å²) in [5.74, 6) is -0.981. The number of esters is 1. The molecule has 7 atom stereocenters. The average molecular weight is 454 g/mol. The Morgan fingerprint density at radius 2 is 1.64 bits per heavy atom. The molecule has 0 aliphatic carbocycles. The van der Waals surface area contributed by atoms with Gasteiger partial charge in [-0.2, -0.15) is 0 Å². The summed E-state index contributed by atoms with van der Waals surface area (Å²) in [6, 6.07) is 19.5. The Balaban J connectivity index is 1.37. The Kier molecular flexibility index (Phi) is 6.24. The zero-order chi connectivity index (χ0) is 23.0. The van der Waals surface area contributed by atoms with Crippen LogP contribution in [0.15, 0.2) is 60.7 Å². The minimum atomic E-state index is -0.748. The molecule has 33 heavy (non-hydrogen) atoms. The molecular formula is C26H31NO6. The third-order valence-electron chi connectivity index (χ3n) is 6.36. The van der Waals surface area contributed by atoms with Gasteiger partial charge in [-0.05, 0) is 31.9 Å². The lowest BCUT2D eigenvalue weighted by Gasteiger charge is -2.26. The minimum absolute atomic E-state index is 0.175. The summed E-state index contributed by atoms with van der Waals surface area (Å²) in [7, 11) is 0. The van der Waals surface area contributed by atoms with Gasteiger partial charge in [-0.3, -0.25) is 9.69 Å². The monoisotopic (exact) mass is 453 g/mol. The van der Waals surface area contributed by atoms with Crippen LogP contribution in [0.5, 0.6) is 0 Å². The first kappa shape index (κ1) is 22.5. The minimum Gasteiger partial charge on any atom is -0.465 e. The average Bonchev–Trinajstić information content (AvgIpc) is 3.29. The highest BCUT2D eigenvalue weighted by Crippen LogP contribution is 2.46. The molecule has 7 heteroatoms. The highest BCUT2D eigenvalue weighted by Gasteiger charge is 2.66. The van der Waals surface area contributed by atoms with Gasteiger partial charge < -0.3 is 23.7 Å². The lowest BCUT2D eigenvalue weighted by atomic mass is 10.1. The second kappa shape index (κ2) is 9.16. The highest BCUT2D eigenvalue weighted by atomic mass is 16.8. The molecule has 0 radical (unpaired) electrons. The van der Waals surface area contributed by atoms with Gasteiger partial charge in [0.2, 0.25) is 0 Å². The van der Waals surface area contributed by atoms with Crippen LogP contribution in [0.3, 0.4) is 0 Å². The van der Waals surface area contributed by atoms with E-state index >= 15 is 0 Å². The van der Waals surface area contributed by atoms with E-state index < -0.39 is 12.1 Å². The number of nitrogens with zero attached hydrogens (tertiary/aromatic N) is 1. The number of hydrogen-bond acceptors (Lipinski definition) is 7. The standard InChI is InChI=1S/C26H31NO6/c1-4-29-24(28)20-19(27(20)15-17-11-7-5-8-12-17)21-22(30-16-18-13-9-6-10-14-18)23-25(31-21)33-26(2,3)32-23/h5-14,19-23,25H,4,15-16H2,1-3H3/t19-,20-,21+,22-,23+,25+,27?/m0/s1. The lowest BCUT2D eigenvalue weighted by molar-refractivity contribution is -0.220. The molecule has 3 aliphatic heterocycles. The zero-order valence-electron chi connectivity index (χ0n) is 19.3. The Labute approximate surface area is 194 Å². The van der Waals surface area contributed by atoms with Crippen LogP contribution in [0, 0.1) is 0 Å². The smallest absolute Gasteiger partial charge is 0.325 e. The number of ether oxygens (including phenoxy) is 5. The van der Waals surface area contributed by atoms with E-state index in [0.29, 0.717) is 19.8 Å². The van der Waals surface area contributed by atoms with Crippen LogP contribution in [0.25, 0.3) is 0 Å². The van der Waals surface area contributed by atoms with Gasteiger partial charge in [0, 0.05) is 6.54 Å². The fraction of sp³-hybridized carbons (Fsp3) is 0.500. The maximum atomic E-state index is 12.8. The van der Waals surface area contributed by atoms with Gasteiger partial charge in [0.05, 0.1) is 19.3 Å². The van der Waals surface area contributed by atoms with Gasteiger partial charge in [-0.25, -0.2) is 0 Å². The molecule has 7 nitrogen and oxygen atoms in total. The first-order valence-corrected chi connectivity index (χ1v) is 11.6. The van der Waals surface area contributed by atoms with Gasteiger partial charge in [0.25, 0.3) is 0 Å². The van der Waals surface area contributed by atoms with Crippen molar-refractivity contribution in [1.29, 1.82) is 0 Å². The third-order valence-corrected chi connectivity index (χ3v) is 6.36. The summed E-state index contributed by atoms with van der Waals surface area (Å²) in [4.78, 5) is 14.9. The molecule has 5 rings (SSSR count). The van der Waals surface area contributed by atoms with Crippen molar-refractivity contribution in [3.63, 3.8) is 0 Å². The number of rotatable bonds is 8. The molecule has 0 saturated carbocycles. The van der Waals surface area contributed by atoms with E-state index in [0.717, 1.165) is 11.1 Å². The number of fused-ring (bicyclic) bond motifs is 1. The maximum Gasteiger partial charge on any atom is 0.325 e. The van der Waals surface area contributed by atoms with Gasteiger partial charge in [0.1, 0.15) is 24.4 Å². The molecule has 3 heterocycles. The van der Waals surface area contributed by atoms with E-state index in [1.54, 1.807) is 0 Å². The van der Waals surface area contributed by atoms with Crippen molar-refractivity contribution in [1.82, 2.24) is 4.90 Å². The summed E-state index contributed by atoms with van der Waals surface area (Å²) in [6.07, 6.45) is -1.65. The fourth-order valence-electron chi connectivity index (χ4n) is 4.90. The predicted octanol–water partition coefficient (Wildman–Crippen LogP) is 3.26. The van der Waals surface area contributed by atoms with Crippen LogP contribution < -0.4 is 0 Å². The quantitative estimate of drug-likeness (QED) is 0.449. The number of hydrogen-bond donors (Lipinski definition) is 0. The SMILES string of the molecule is CCOC(=O)[C@@H]1[C@@H]([C@H]2O[C@@H]3OC(C)(C)O[C@@H]3[C@H]2OCc2ccccc2)N1Cc1ccccc1. The van der Waals surface area contributed by atoms with E-state index in [4.69, 9.17) is 23.7 Å². The molecule has 0 spiro atoms. The first-order chi connectivity index (χ1) is 16.0. The van der Waals surface area contributed by atoms with Gasteiger partial charge in [0.15, 0.2) is 12.1 Å². The van der Waals surface area contributed by atoms with Crippen LogP contribution in [0.2, 0.25) is 0 Å². The molecular weight excluding hydrogens is 422 g/mol. The zero-order valence-corrected chi connectivity index (χ0v) is 19.3. The summed E-state index contributed by atoms with van der Waals surface area (Å²) >= 11 is 0. The molecule has 1 unspecified atom stereocenters. The van der Waals surface area contributed by atoms with Gasteiger partial charge >= 0.3 is 5.97 Å². The summed E-state index contributed by atoms with van der Waals surface area (Å²) in [6.45, 7) is 6.96. The molecule has 0 amide bonds. The van der Waals surface area contributed by atoms with Crippen LogP contribution in [0.4, 0.5) is 0 Å². The summed E-state index contributed by atoms with van der Waals surface area (Å²) < 4.78 is 30.3. The van der Waals surface area contributed by atoms with Crippen molar-refractivity contribution in [2.75, 3.05) is 6.61 Å². The molecule has 3 saturated heterocycles. The van der Waals surface area contributed by atoms with E-state index in [1.807, 2.05) is 69.3 Å². The van der Waals surface area contributed by atoms with Crippen molar-refractivity contribution < 1.29 is 28.5 Å². The van der Waals surface area contributed by atoms with Gasteiger partial charge in [-0.15, -0.1) is 0 Å². The molecule has 2 aromatic rings. The van der Waals surface area contributed by atoms with E-state index in [-0.39, 0.29) is 36.4 Å². The molecule has 2 aromatic carbocycles.